The number of rotatable bonds is 7. The average Bonchev–Trinajstić information content (AvgIpc) is 3.60. The van der Waals surface area contributed by atoms with Crippen LogP contribution in [0, 0.1) is 17.1 Å². The van der Waals surface area contributed by atoms with E-state index < -0.39 is 5.82 Å². The summed E-state index contributed by atoms with van der Waals surface area (Å²) in [5, 5.41) is 22.1. The first kappa shape index (κ1) is 25.3. The van der Waals surface area contributed by atoms with E-state index in [9.17, 15) is 4.39 Å². The minimum absolute atomic E-state index is 0.193. The summed E-state index contributed by atoms with van der Waals surface area (Å²) >= 11 is 6.28. The molecule has 0 radical (unpaired) electrons. The number of hydrogen-bond acceptors (Lipinski definition) is 6. The molecule has 2 saturated heterocycles. The average molecular weight is 546 g/mol. The molecule has 5 heterocycles. The first-order chi connectivity index (χ1) is 18.9. The molecular formula is C28H29ClFN9. The lowest BCUT2D eigenvalue weighted by atomic mass is 9.96. The SMILES string of the molecule is Cn1cc(-c2cc3c(NC4C[C@H]5CC[C@@H](C4)N5CCC#N)c(C(N)=Nc4cc(F)ccc4Cl)cnn3c2)cn1. The van der Waals surface area contributed by atoms with Crippen LogP contribution >= 0.6 is 11.6 Å². The Morgan fingerprint density at radius 2 is 1.97 bits per heavy atom. The van der Waals surface area contributed by atoms with Crippen LogP contribution in [0.5, 0.6) is 0 Å². The number of piperidine rings is 1. The maximum absolute atomic E-state index is 13.9. The van der Waals surface area contributed by atoms with Crippen LogP contribution in [0.25, 0.3) is 16.6 Å². The molecule has 0 amide bonds. The lowest BCUT2D eigenvalue weighted by Gasteiger charge is -2.39. The highest BCUT2D eigenvalue weighted by atomic mass is 35.5. The second kappa shape index (κ2) is 10.3. The van der Waals surface area contributed by atoms with Crippen molar-refractivity contribution in [1.29, 1.82) is 5.26 Å². The topological polar surface area (TPSA) is 113 Å². The molecule has 2 fully saturated rings. The Balaban J connectivity index is 1.39. The van der Waals surface area contributed by atoms with E-state index in [2.05, 4.69) is 37.5 Å². The Labute approximate surface area is 230 Å². The molecule has 11 heteroatoms. The van der Waals surface area contributed by atoms with E-state index >= 15 is 0 Å². The van der Waals surface area contributed by atoms with Gasteiger partial charge in [0, 0.05) is 67.7 Å². The predicted octanol–water partition coefficient (Wildman–Crippen LogP) is 4.89. The van der Waals surface area contributed by atoms with Crippen molar-refractivity contribution < 1.29 is 4.39 Å². The van der Waals surface area contributed by atoms with Gasteiger partial charge in [-0.15, -0.1) is 0 Å². The highest BCUT2D eigenvalue weighted by Crippen LogP contribution is 2.38. The number of halogens is 2. The fourth-order valence-corrected chi connectivity index (χ4v) is 6.19. The maximum Gasteiger partial charge on any atom is 0.135 e. The van der Waals surface area contributed by atoms with E-state index in [-0.39, 0.29) is 17.6 Å². The number of aliphatic imine (C=N–C) groups is 1. The minimum Gasteiger partial charge on any atom is -0.383 e. The monoisotopic (exact) mass is 545 g/mol. The molecule has 1 aromatic carbocycles. The molecule has 2 aliphatic rings. The van der Waals surface area contributed by atoms with Crippen LogP contribution in [0.2, 0.25) is 5.02 Å². The summed E-state index contributed by atoms with van der Waals surface area (Å²) in [4.78, 5) is 6.99. The molecule has 6 rings (SSSR count). The third-order valence-corrected chi connectivity index (χ3v) is 8.13. The molecular weight excluding hydrogens is 517 g/mol. The van der Waals surface area contributed by atoms with E-state index in [1.807, 2.05) is 30.2 Å². The number of nitrogens with zero attached hydrogens (tertiary/aromatic N) is 7. The highest BCUT2D eigenvalue weighted by Gasteiger charge is 2.40. The van der Waals surface area contributed by atoms with Crippen LogP contribution in [0.1, 0.15) is 37.7 Å². The number of anilines is 1. The molecule has 0 spiro atoms. The molecule has 0 saturated carbocycles. The Bertz CT molecular complexity index is 1590. The van der Waals surface area contributed by atoms with Crippen molar-refractivity contribution in [1.82, 2.24) is 24.3 Å². The molecule has 2 aliphatic heterocycles. The molecule has 1 unspecified atom stereocenters. The summed E-state index contributed by atoms with van der Waals surface area (Å²) in [7, 11) is 1.88. The van der Waals surface area contributed by atoms with Gasteiger partial charge in [-0.2, -0.15) is 15.5 Å². The molecule has 3 aromatic heterocycles. The molecule has 9 nitrogen and oxygen atoms in total. The van der Waals surface area contributed by atoms with Crippen molar-refractivity contribution >= 4 is 34.3 Å². The second-order valence-corrected chi connectivity index (χ2v) is 10.7. The van der Waals surface area contributed by atoms with Gasteiger partial charge in [0.1, 0.15) is 11.7 Å². The summed E-state index contributed by atoms with van der Waals surface area (Å²) < 4.78 is 17.5. The van der Waals surface area contributed by atoms with Gasteiger partial charge in [-0.1, -0.05) is 11.6 Å². The molecule has 0 aliphatic carbocycles. The van der Waals surface area contributed by atoms with Gasteiger partial charge >= 0.3 is 0 Å². The zero-order chi connectivity index (χ0) is 27.1. The van der Waals surface area contributed by atoms with Crippen molar-refractivity contribution in [2.24, 2.45) is 17.8 Å². The fourth-order valence-electron chi connectivity index (χ4n) is 6.03. The first-order valence-electron chi connectivity index (χ1n) is 13.1. The summed E-state index contributed by atoms with van der Waals surface area (Å²) in [6.07, 6.45) is 12.2. The van der Waals surface area contributed by atoms with Gasteiger partial charge < -0.3 is 11.1 Å². The van der Waals surface area contributed by atoms with Gasteiger partial charge in [0.15, 0.2) is 0 Å². The van der Waals surface area contributed by atoms with Crippen LogP contribution in [-0.2, 0) is 7.05 Å². The summed E-state index contributed by atoms with van der Waals surface area (Å²) in [5.41, 5.74) is 11.1. The van der Waals surface area contributed by atoms with Crippen molar-refractivity contribution in [3.8, 4) is 17.2 Å². The van der Waals surface area contributed by atoms with E-state index in [1.165, 1.54) is 18.2 Å². The lowest BCUT2D eigenvalue weighted by Crippen LogP contribution is -2.47. The first-order valence-corrected chi connectivity index (χ1v) is 13.5. The summed E-state index contributed by atoms with van der Waals surface area (Å²) in [5.74, 6) is -0.247. The number of benzene rings is 1. The quantitative estimate of drug-likeness (QED) is 0.253. The van der Waals surface area contributed by atoms with E-state index in [0.717, 1.165) is 54.6 Å². The number of aromatic nitrogens is 4. The molecule has 200 valence electrons. The van der Waals surface area contributed by atoms with Crippen LogP contribution in [0.3, 0.4) is 0 Å². The highest BCUT2D eigenvalue weighted by molar-refractivity contribution is 6.33. The smallest absolute Gasteiger partial charge is 0.135 e. The van der Waals surface area contributed by atoms with Crippen molar-refractivity contribution in [2.75, 3.05) is 11.9 Å². The maximum atomic E-state index is 13.9. The van der Waals surface area contributed by atoms with Crippen molar-refractivity contribution in [2.45, 2.75) is 50.2 Å². The zero-order valence-corrected chi connectivity index (χ0v) is 22.3. The number of nitrogens with two attached hydrogens (primary N) is 1. The normalized spacial score (nSPS) is 21.4. The Hall–Kier alpha value is -3.94. The Morgan fingerprint density at radius 1 is 1.18 bits per heavy atom. The van der Waals surface area contributed by atoms with E-state index in [4.69, 9.17) is 22.6 Å². The van der Waals surface area contributed by atoms with Crippen LogP contribution in [0.4, 0.5) is 15.8 Å². The van der Waals surface area contributed by atoms with Crippen LogP contribution in [-0.4, -0.2) is 54.8 Å². The third kappa shape index (κ3) is 4.95. The zero-order valence-electron chi connectivity index (χ0n) is 21.6. The second-order valence-electron chi connectivity index (χ2n) is 10.3. The Kier molecular flexibility index (Phi) is 6.71. The molecule has 2 bridgehead atoms. The third-order valence-electron chi connectivity index (χ3n) is 7.81. The minimum atomic E-state index is -0.441. The Morgan fingerprint density at radius 3 is 2.69 bits per heavy atom. The number of aryl methyl sites for hydroxylation is 1. The van der Waals surface area contributed by atoms with E-state index in [1.54, 1.807) is 10.9 Å². The lowest BCUT2D eigenvalue weighted by molar-refractivity contribution is 0.136. The molecule has 4 aromatic rings. The number of amidine groups is 1. The fraction of sp³-hybridized carbons (Fsp3) is 0.357. The van der Waals surface area contributed by atoms with Gasteiger partial charge in [-0.25, -0.2) is 13.9 Å². The van der Waals surface area contributed by atoms with Gasteiger partial charge in [-0.3, -0.25) is 9.58 Å². The number of fused-ring (bicyclic) bond motifs is 3. The van der Waals surface area contributed by atoms with Gasteiger partial charge in [0.05, 0.1) is 45.9 Å². The van der Waals surface area contributed by atoms with Gasteiger partial charge in [0.2, 0.25) is 0 Å². The number of hydrogen-bond donors (Lipinski definition) is 2. The summed E-state index contributed by atoms with van der Waals surface area (Å²) in [6.45, 7) is 0.824. The van der Waals surface area contributed by atoms with Gasteiger partial charge in [-0.05, 0) is 43.9 Å². The van der Waals surface area contributed by atoms with Crippen molar-refractivity contribution in [3.05, 3.63) is 65.5 Å². The predicted molar refractivity (Wildman–Crippen MR) is 150 cm³/mol. The van der Waals surface area contributed by atoms with Crippen LogP contribution in [0.15, 0.2) is 54.0 Å². The molecule has 39 heavy (non-hydrogen) atoms. The van der Waals surface area contributed by atoms with Crippen molar-refractivity contribution in [3.63, 3.8) is 0 Å². The van der Waals surface area contributed by atoms with Gasteiger partial charge in [0.25, 0.3) is 0 Å². The van der Waals surface area contributed by atoms with Crippen LogP contribution < -0.4 is 11.1 Å². The molecule has 3 N–H and O–H groups in total. The number of nitriles is 1. The summed E-state index contributed by atoms with van der Waals surface area (Å²) in [6, 6.07) is 9.48. The van der Waals surface area contributed by atoms with E-state index in [0.29, 0.717) is 29.1 Å². The molecule has 3 atom stereocenters. The largest absolute Gasteiger partial charge is 0.383 e. The number of nitrogens with one attached hydrogen (secondary N) is 1. The standard InChI is InChI=1S/C28H29ClFN9/c1-37-15-18(13-33-37)17-9-26-27(35-20-11-21-4-5-22(12-20)38(21)8-2-7-31)23(14-34-39(26)16-17)28(32)36-25-10-19(30)3-6-24(25)29/h3,6,9-10,13-16,20-22,35H,2,4-5,8,11-12H2,1H3,(H2,32,36)/t20?,21-,22+.